The van der Waals surface area contributed by atoms with Crippen LogP contribution in [0.3, 0.4) is 0 Å². The molecule has 122 valence electrons. The van der Waals surface area contributed by atoms with Gasteiger partial charge in [0.05, 0.1) is 6.54 Å². The minimum absolute atomic E-state index is 0. The van der Waals surface area contributed by atoms with Crippen LogP contribution in [0.2, 0.25) is 0 Å². The van der Waals surface area contributed by atoms with Gasteiger partial charge in [0.2, 0.25) is 5.91 Å². The van der Waals surface area contributed by atoms with Crippen LogP contribution >= 0.6 is 24.0 Å². The summed E-state index contributed by atoms with van der Waals surface area (Å²) in [7, 11) is 0. The maximum Gasteiger partial charge on any atom is 0.222 e. The first kappa shape index (κ1) is 18.7. The summed E-state index contributed by atoms with van der Waals surface area (Å²) in [4.78, 5) is 17.9. The van der Waals surface area contributed by atoms with Gasteiger partial charge in [0.15, 0.2) is 5.96 Å². The first-order valence-electron chi connectivity index (χ1n) is 7.46. The molecule has 6 heteroatoms. The van der Waals surface area contributed by atoms with Crippen molar-refractivity contribution in [3.8, 4) is 0 Å². The Hall–Kier alpha value is -1.31. The average molecular weight is 416 g/mol. The molecule has 0 atom stereocenters. The van der Waals surface area contributed by atoms with Crippen LogP contribution in [0.15, 0.2) is 29.3 Å². The van der Waals surface area contributed by atoms with Crippen molar-refractivity contribution < 1.29 is 4.79 Å². The Kier molecular flexibility index (Phi) is 7.64. The molecule has 1 aromatic carbocycles. The standard InChI is InChI=1S/C16H24N4O.HI/c1-12(2)19-16(17)18-10-13-5-3-6-14(9-13)11-20-8-4-7-15(20)21;/h3,5-6,9,12H,4,7-8,10-11H2,1-2H3,(H3,17,18,19);1H. The van der Waals surface area contributed by atoms with E-state index in [1.807, 2.05) is 30.9 Å². The second-order valence-corrected chi connectivity index (χ2v) is 5.74. The lowest BCUT2D eigenvalue weighted by Crippen LogP contribution is -2.36. The van der Waals surface area contributed by atoms with Gasteiger partial charge in [0.25, 0.3) is 0 Å². The monoisotopic (exact) mass is 416 g/mol. The summed E-state index contributed by atoms with van der Waals surface area (Å²) in [5.41, 5.74) is 8.05. The molecule has 1 aromatic rings. The fourth-order valence-corrected chi connectivity index (χ4v) is 2.44. The molecular formula is C16H25IN4O. The molecule has 1 aliphatic heterocycles. The van der Waals surface area contributed by atoms with E-state index in [1.54, 1.807) is 0 Å². The zero-order valence-electron chi connectivity index (χ0n) is 13.2. The topological polar surface area (TPSA) is 70.7 Å². The Labute approximate surface area is 149 Å². The lowest BCUT2D eigenvalue weighted by Gasteiger charge is -2.16. The van der Waals surface area contributed by atoms with Crippen molar-refractivity contribution in [2.75, 3.05) is 6.54 Å². The molecule has 5 nitrogen and oxygen atoms in total. The number of hydrogen-bond donors (Lipinski definition) is 2. The molecule has 0 unspecified atom stereocenters. The average Bonchev–Trinajstić information content (AvgIpc) is 2.82. The predicted molar refractivity (Wildman–Crippen MR) is 100 cm³/mol. The van der Waals surface area contributed by atoms with Gasteiger partial charge < -0.3 is 16.0 Å². The number of benzene rings is 1. The van der Waals surface area contributed by atoms with Gasteiger partial charge in [-0.1, -0.05) is 24.3 Å². The molecule has 22 heavy (non-hydrogen) atoms. The summed E-state index contributed by atoms with van der Waals surface area (Å²) < 4.78 is 0. The van der Waals surface area contributed by atoms with E-state index in [9.17, 15) is 4.79 Å². The van der Waals surface area contributed by atoms with Gasteiger partial charge in [-0.25, -0.2) is 4.99 Å². The van der Waals surface area contributed by atoms with Crippen LogP contribution < -0.4 is 11.1 Å². The Bertz CT molecular complexity index is 531. The highest BCUT2D eigenvalue weighted by Crippen LogP contribution is 2.15. The van der Waals surface area contributed by atoms with Gasteiger partial charge in [-0.2, -0.15) is 0 Å². The number of carbonyl (C=O) groups excluding carboxylic acids is 1. The largest absolute Gasteiger partial charge is 0.370 e. The summed E-state index contributed by atoms with van der Waals surface area (Å²) >= 11 is 0. The molecular weight excluding hydrogens is 391 g/mol. The Balaban J connectivity index is 0.00000242. The van der Waals surface area contributed by atoms with Crippen molar-refractivity contribution in [1.82, 2.24) is 10.2 Å². The first-order chi connectivity index (χ1) is 10.0. The normalized spacial score (nSPS) is 15.1. The zero-order valence-corrected chi connectivity index (χ0v) is 15.5. The number of nitrogens with one attached hydrogen (secondary N) is 1. The van der Waals surface area contributed by atoms with E-state index < -0.39 is 0 Å². The third-order valence-electron chi connectivity index (χ3n) is 3.40. The van der Waals surface area contributed by atoms with Crippen molar-refractivity contribution in [1.29, 1.82) is 0 Å². The molecule has 0 aliphatic carbocycles. The molecule has 1 heterocycles. The van der Waals surface area contributed by atoms with Crippen molar-refractivity contribution >= 4 is 35.8 Å². The molecule has 1 fully saturated rings. The number of likely N-dealkylation sites (tertiary alicyclic amines) is 1. The van der Waals surface area contributed by atoms with E-state index in [0.717, 1.165) is 24.1 Å². The molecule has 0 saturated carbocycles. The van der Waals surface area contributed by atoms with E-state index in [1.165, 1.54) is 0 Å². The minimum Gasteiger partial charge on any atom is -0.370 e. The summed E-state index contributed by atoms with van der Waals surface area (Å²) in [6, 6.07) is 8.46. The summed E-state index contributed by atoms with van der Waals surface area (Å²) in [6.45, 7) is 6.15. The van der Waals surface area contributed by atoms with E-state index in [2.05, 4.69) is 22.4 Å². The van der Waals surface area contributed by atoms with Crippen LogP contribution in [-0.4, -0.2) is 29.4 Å². The highest BCUT2D eigenvalue weighted by molar-refractivity contribution is 14.0. The number of amides is 1. The van der Waals surface area contributed by atoms with Crippen molar-refractivity contribution in [2.45, 2.75) is 45.8 Å². The van der Waals surface area contributed by atoms with Crippen molar-refractivity contribution in [3.05, 3.63) is 35.4 Å². The van der Waals surface area contributed by atoms with E-state index in [-0.39, 0.29) is 35.9 Å². The molecule has 3 N–H and O–H groups in total. The van der Waals surface area contributed by atoms with Crippen molar-refractivity contribution in [2.24, 2.45) is 10.7 Å². The van der Waals surface area contributed by atoms with Gasteiger partial charge >= 0.3 is 0 Å². The predicted octanol–water partition coefficient (Wildman–Crippen LogP) is 2.24. The fraction of sp³-hybridized carbons (Fsp3) is 0.500. The molecule has 0 bridgehead atoms. The van der Waals surface area contributed by atoms with Crippen LogP contribution in [-0.2, 0) is 17.9 Å². The number of nitrogens with zero attached hydrogens (tertiary/aromatic N) is 2. The Morgan fingerprint density at radius 3 is 2.77 bits per heavy atom. The lowest BCUT2D eigenvalue weighted by molar-refractivity contribution is -0.128. The number of nitrogens with two attached hydrogens (primary N) is 1. The van der Waals surface area contributed by atoms with Gasteiger partial charge in [0, 0.05) is 25.6 Å². The molecule has 2 rings (SSSR count). The maximum absolute atomic E-state index is 11.7. The van der Waals surface area contributed by atoms with Gasteiger partial charge in [0.1, 0.15) is 0 Å². The molecule has 1 aliphatic rings. The number of guanidine groups is 1. The highest BCUT2D eigenvalue weighted by atomic mass is 127. The summed E-state index contributed by atoms with van der Waals surface area (Å²) in [5.74, 6) is 0.717. The van der Waals surface area contributed by atoms with Crippen LogP contribution in [0.25, 0.3) is 0 Å². The maximum atomic E-state index is 11.7. The molecule has 1 saturated heterocycles. The molecule has 0 aromatic heterocycles. The molecule has 0 spiro atoms. The highest BCUT2D eigenvalue weighted by Gasteiger charge is 2.19. The van der Waals surface area contributed by atoms with E-state index >= 15 is 0 Å². The SMILES string of the molecule is CC(C)NC(N)=NCc1cccc(CN2CCCC2=O)c1.I. The Morgan fingerprint density at radius 1 is 1.41 bits per heavy atom. The van der Waals surface area contributed by atoms with Crippen molar-refractivity contribution in [3.63, 3.8) is 0 Å². The van der Waals surface area contributed by atoms with Crippen LogP contribution in [0.5, 0.6) is 0 Å². The molecule has 1 amide bonds. The minimum atomic E-state index is 0. The van der Waals surface area contributed by atoms with Crippen LogP contribution in [0, 0.1) is 0 Å². The first-order valence-corrected chi connectivity index (χ1v) is 7.46. The molecule has 0 radical (unpaired) electrons. The summed E-state index contributed by atoms with van der Waals surface area (Å²) in [5, 5.41) is 3.07. The third kappa shape index (κ3) is 5.82. The fourth-order valence-electron chi connectivity index (χ4n) is 2.44. The van der Waals surface area contributed by atoms with Gasteiger partial charge in [-0.15, -0.1) is 24.0 Å². The third-order valence-corrected chi connectivity index (χ3v) is 3.40. The number of carbonyl (C=O) groups is 1. The lowest BCUT2D eigenvalue weighted by atomic mass is 10.1. The van der Waals surface area contributed by atoms with E-state index in [4.69, 9.17) is 5.73 Å². The second-order valence-electron chi connectivity index (χ2n) is 5.74. The summed E-state index contributed by atoms with van der Waals surface area (Å²) in [6.07, 6.45) is 1.65. The quantitative estimate of drug-likeness (QED) is 0.440. The zero-order chi connectivity index (χ0) is 15.2. The van der Waals surface area contributed by atoms with Crippen LogP contribution in [0.1, 0.15) is 37.8 Å². The van der Waals surface area contributed by atoms with E-state index in [0.29, 0.717) is 25.5 Å². The number of rotatable bonds is 5. The number of halogens is 1. The smallest absolute Gasteiger partial charge is 0.222 e. The number of hydrogen-bond acceptors (Lipinski definition) is 2. The second kappa shape index (κ2) is 8.97. The Morgan fingerprint density at radius 2 is 2.14 bits per heavy atom. The van der Waals surface area contributed by atoms with Gasteiger partial charge in [-0.05, 0) is 31.4 Å². The van der Waals surface area contributed by atoms with Gasteiger partial charge in [-0.3, -0.25) is 4.79 Å². The van der Waals surface area contributed by atoms with Crippen LogP contribution in [0.4, 0.5) is 0 Å². The number of aliphatic imine (C=N–C) groups is 1.